The summed E-state index contributed by atoms with van der Waals surface area (Å²) in [6.07, 6.45) is 0. The maximum absolute atomic E-state index is 11.9. The number of pyridine rings is 1. The zero-order valence-corrected chi connectivity index (χ0v) is 4.61. The highest BCUT2D eigenvalue weighted by molar-refractivity contribution is 6.29. The van der Waals surface area contributed by atoms with Gasteiger partial charge >= 0.3 is 0 Å². The van der Waals surface area contributed by atoms with Gasteiger partial charge in [0, 0.05) is 6.07 Å². The van der Waals surface area contributed by atoms with Crippen molar-refractivity contribution >= 4 is 11.6 Å². The van der Waals surface area contributed by atoms with E-state index in [0.717, 1.165) is 0 Å². The van der Waals surface area contributed by atoms with E-state index >= 15 is 0 Å². The van der Waals surface area contributed by atoms with Gasteiger partial charge in [0.25, 0.3) is 0 Å². The van der Waals surface area contributed by atoms with Crippen molar-refractivity contribution in [2.45, 2.75) is 0 Å². The Morgan fingerprint density at radius 2 is 2.50 bits per heavy atom. The normalized spacial score (nSPS) is 9.25. The summed E-state index contributed by atoms with van der Waals surface area (Å²) in [6, 6.07) is 5.05. The molecule has 0 aliphatic carbocycles. The fraction of sp³-hybridized carbons (Fsp3) is 0. The first-order valence-electron chi connectivity index (χ1n) is 1.99. The highest BCUT2D eigenvalue weighted by Gasteiger charge is 1.89. The molecule has 0 atom stereocenters. The molecule has 0 fully saturated rings. The van der Waals surface area contributed by atoms with Crippen LogP contribution >= 0.6 is 11.6 Å². The van der Waals surface area contributed by atoms with Crippen LogP contribution in [0.2, 0.25) is 5.15 Å². The summed E-state index contributed by atoms with van der Waals surface area (Å²) in [5.74, 6) is -0.669. The molecule has 0 saturated carbocycles. The van der Waals surface area contributed by atoms with Gasteiger partial charge in [-0.1, -0.05) is 11.6 Å². The predicted molar refractivity (Wildman–Crippen MR) is 28.0 cm³/mol. The van der Waals surface area contributed by atoms with Gasteiger partial charge in [0.05, 0.1) is 0 Å². The smallest absolute Gasteiger partial charge is 0.207 e. The van der Waals surface area contributed by atoms with Crippen LogP contribution in [0.1, 0.15) is 0 Å². The van der Waals surface area contributed by atoms with Crippen molar-refractivity contribution in [1.82, 2.24) is 4.98 Å². The molecular formula is C5H2ClFN. The van der Waals surface area contributed by atoms with Gasteiger partial charge in [0.1, 0.15) is 5.15 Å². The molecule has 0 aliphatic heterocycles. The molecule has 0 aromatic carbocycles. The average molecular weight is 131 g/mol. The van der Waals surface area contributed by atoms with Gasteiger partial charge in [-0.05, 0) is 12.1 Å². The molecule has 0 spiro atoms. The second-order valence-corrected chi connectivity index (χ2v) is 1.59. The van der Waals surface area contributed by atoms with Gasteiger partial charge in [0.15, 0.2) is 0 Å². The number of rotatable bonds is 0. The van der Waals surface area contributed by atoms with E-state index in [2.05, 4.69) is 11.1 Å². The van der Waals surface area contributed by atoms with Gasteiger partial charge in [-0.2, -0.15) is 4.39 Å². The van der Waals surface area contributed by atoms with E-state index in [1.54, 1.807) is 0 Å². The van der Waals surface area contributed by atoms with E-state index in [9.17, 15) is 4.39 Å². The van der Waals surface area contributed by atoms with Crippen molar-refractivity contribution in [1.29, 1.82) is 0 Å². The van der Waals surface area contributed by atoms with Gasteiger partial charge < -0.3 is 0 Å². The molecule has 8 heavy (non-hydrogen) atoms. The lowest BCUT2D eigenvalue weighted by Gasteiger charge is -1.83. The lowest BCUT2D eigenvalue weighted by molar-refractivity contribution is 0.581. The molecule has 1 rings (SSSR count). The number of hydrogen-bond acceptors (Lipinski definition) is 1. The first-order valence-corrected chi connectivity index (χ1v) is 2.36. The Kier molecular flexibility index (Phi) is 1.44. The van der Waals surface area contributed by atoms with Crippen LogP contribution in [0.4, 0.5) is 4.39 Å². The van der Waals surface area contributed by atoms with Crippen LogP contribution in [0.3, 0.4) is 0 Å². The van der Waals surface area contributed by atoms with Crippen molar-refractivity contribution in [3.05, 3.63) is 29.3 Å². The molecular weight excluding hydrogens is 129 g/mol. The van der Waals surface area contributed by atoms with Crippen molar-refractivity contribution < 1.29 is 4.39 Å². The minimum absolute atomic E-state index is 0.154. The van der Waals surface area contributed by atoms with E-state index in [1.807, 2.05) is 0 Å². The van der Waals surface area contributed by atoms with Crippen molar-refractivity contribution in [2.75, 3.05) is 0 Å². The van der Waals surface area contributed by atoms with Crippen LogP contribution in [0, 0.1) is 12.0 Å². The first-order chi connectivity index (χ1) is 3.79. The minimum atomic E-state index is -0.669. The summed E-state index contributed by atoms with van der Waals surface area (Å²) in [7, 11) is 0. The third-order valence-corrected chi connectivity index (χ3v) is 0.839. The molecule has 3 heteroatoms. The van der Waals surface area contributed by atoms with E-state index in [1.165, 1.54) is 12.1 Å². The molecule has 1 aromatic rings. The third kappa shape index (κ3) is 1.17. The summed E-state index contributed by atoms with van der Waals surface area (Å²) in [4.78, 5) is 3.22. The quantitative estimate of drug-likeness (QED) is 0.487. The predicted octanol–water partition coefficient (Wildman–Crippen LogP) is 1.67. The molecule has 1 aromatic heterocycles. The Hall–Kier alpha value is -0.630. The van der Waals surface area contributed by atoms with Crippen LogP contribution in [0.15, 0.2) is 12.1 Å². The second kappa shape index (κ2) is 2.09. The van der Waals surface area contributed by atoms with Crippen LogP contribution in [-0.4, -0.2) is 4.98 Å². The van der Waals surface area contributed by atoms with E-state index in [4.69, 9.17) is 11.6 Å². The van der Waals surface area contributed by atoms with Gasteiger partial charge in [-0.15, -0.1) is 0 Å². The topological polar surface area (TPSA) is 12.9 Å². The lowest BCUT2D eigenvalue weighted by Crippen LogP contribution is -1.79. The fourth-order valence-corrected chi connectivity index (χ4v) is 0.480. The summed E-state index contributed by atoms with van der Waals surface area (Å²) in [5.41, 5.74) is 0. The summed E-state index contributed by atoms with van der Waals surface area (Å²) < 4.78 is 11.9. The summed E-state index contributed by atoms with van der Waals surface area (Å²) in [6.45, 7) is 0. The SMILES string of the molecule is Fc1[c]ccc(Cl)n1. The minimum Gasteiger partial charge on any atom is -0.207 e. The first kappa shape index (κ1) is 5.51. The molecule has 0 bridgehead atoms. The zero-order chi connectivity index (χ0) is 5.98. The van der Waals surface area contributed by atoms with Gasteiger partial charge in [-0.25, -0.2) is 4.98 Å². The molecule has 1 nitrogen and oxygen atoms in total. The Balaban J connectivity index is 3.08. The Labute approximate surface area is 51.1 Å². The van der Waals surface area contributed by atoms with E-state index < -0.39 is 5.95 Å². The number of halogens is 2. The number of aromatic nitrogens is 1. The lowest BCUT2D eigenvalue weighted by atomic mass is 10.5. The zero-order valence-electron chi connectivity index (χ0n) is 3.86. The fourth-order valence-electron chi connectivity index (χ4n) is 0.343. The molecule has 0 aliphatic rings. The van der Waals surface area contributed by atoms with Crippen LogP contribution in [-0.2, 0) is 0 Å². The second-order valence-electron chi connectivity index (χ2n) is 1.20. The van der Waals surface area contributed by atoms with Gasteiger partial charge in [-0.3, -0.25) is 0 Å². The highest BCUT2D eigenvalue weighted by atomic mass is 35.5. The standard InChI is InChI=1S/C5H2ClFN/c6-4-2-1-3-5(7)8-4/h1-2H. The van der Waals surface area contributed by atoms with Crippen LogP contribution < -0.4 is 0 Å². The Morgan fingerprint density at radius 1 is 1.75 bits per heavy atom. The number of nitrogens with zero attached hydrogens (tertiary/aromatic N) is 1. The van der Waals surface area contributed by atoms with E-state index in [-0.39, 0.29) is 5.15 Å². The number of hydrogen-bond donors (Lipinski definition) is 0. The Morgan fingerprint density at radius 3 is 2.88 bits per heavy atom. The largest absolute Gasteiger partial charge is 0.222 e. The molecule has 0 N–H and O–H groups in total. The van der Waals surface area contributed by atoms with Crippen LogP contribution in [0.25, 0.3) is 0 Å². The maximum atomic E-state index is 11.9. The third-order valence-electron chi connectivity index (χ3n) is 0.628. The molecule has 0 unspecified atom stereocenters. The Bertz CT molecular complexity index is 172. The average Bonchev–Trinajstić information content (AvgIpc) is 1.64. The molecule has 41 valence electrons. The molecule has 0 amide bonds. The molecule has 1 radical (unpaired) electrons. The summed E-state index contributed by atoms with van der Waals surface area (Å²) in [5, 5.41) is 0.154. The van der Waals surface area contributed by atoms with Crippen molar-refractivity contribution in [2.24, 2.45) is 0 Å². The van der Waals surface area contributed by atoms with Gasteiger partial charge in [0.2, 0.25) is 5.95 Å². The van der Waals surface area contributed by atoms with Crippen molar-refractivity contribution in [3.63, 3.8) is 0 Å². The highest BCUT2D eigenvalue weighted by Crippen LogP contribution is 2.01. The molecule has 0 saturated heterocycles. The maximum Gasteiger partial charge on any atom is 0.222 e. The monoisotopic (exact) mass is 130 g/mol. The van der Waals surface area contributed by atoms with Crippen molar-refractivity contribution in [3.8, 4) is 0 Å². The van der Waals surface area contributed by atoms with Crippen LogP contribution in [0.5, 0.6) is 0 Å². The van der Waals surface area contributed by atoms with E-state index in [0.29, 0.717) is 0 Å². The summed E-state index contributed by atoms with van der Waals surface area (Å²) >= 11 is 5.27. The molecule has 1 heterocycles.